The zero-order chi connectivity index (χ0) is 14.3. The monoisotopic (exact) mass is 280 g/mol. The zero-order valence-electron chi connectivity index (χ0n) is 10.7. The lowest BCUT2D eigenvalue weighted by Gasteiger charge is -2.15. The molecule has 0 unspecified atom stereocenters. The third-order valence-corrected chi connectivity index (χ3v) is 3.73. The van der Waals surface area contributed by atoms with Crippen molar-refractivity contribution in [3.63, 3.8) is 0 Å². The number of carbonyl (C=O) groups excluding carboxylic acids is 2. The summed E-state index contributed by atoms with van der Waals surface area (Å²) in [5, 5.41) is 4.97. The van der Waals surface area contributed by atoms with Gasteiger partial charge in [-0.1, -0.05) is 6.07 Å². The topological polar surface area (TPSA) is 58.2 Å². The van der Waals surface area contributed by atoms with Gasteiger partial charge in [0.05, 0.1) is 0 Å². The summed E-state index contributed by atoms with van der Waals surface area (Å²) in [6.07, 6.45) is 2.66. The second-order valence-corrected chi connectivity index (χ2v) is 5.38. The second-order valence-electron chi connectivity index (χ2n) is 5.38. The highest BCUT2D eigenvalue weighted by Gasteiger charge is 2.57. The number of halogens is 2. The fourth-order valence-electron chi connectivity index (χ4n) is 2.08. The van der Waals surface area contributed by atoms with Crippen LogP contribution in [0, 0.1) is 17.0 Å². The lowest BCUT2D eigenvalue weighted by molar-refractivity contribution is -0.134. The van der Waals surface area contributed by atoms with Crippen LogP contribution >= 0.6 is 0 Å². The molecular formula is C14H14F2N2O2. The van der Waals surface area contributed by atoms with Crippen molar-refractivity contribution < 1.29 is 18.4 Å². The van der Waals surface area contributed by atoms with Gasteiger partial charge in [0.2, 0.25) is 11.8 Å². The average Bonchev–Trinajstić information content (AvgIpc) is 3.25. The molecule has 2 aliphatic carbocycles. The molecule has 4 nitrogen and oxygen atoms in total. The van der Waals surface area contributed by atoms with E-state index in [4.69, 9.17) is 0 Å². The van der Waals surface area contributed by atoms with Crippen LogP contribution in [0.4, 0.5) is 14.5 Å². The van der Waals surface area contributed by atoms with Gasteiger partial charge in [-0.15, -0.1) is 0 Å². The summed E-state index contributed by atoms with van der Waals surface area (Å²) in [6, 6.07) is 3.48. The van der Waals surface area contributed by atoms with Crippen molar-refractivity contribution in [2.24, 2.45) is 5.41 Å². The van der Waals surface area contributed by atoms with E-state index in [2.05, 4.69) is 10.6 Å². The molecule has 0 aliphatic heterocycles. The first-order valence-electron chi connectivity index (χ1n) is 6.59. The molecule has 1 aromatic rings. The van der Waals surface area contributed by atoms with Crippen molar-refractivity contribution in [3.8, 4) is 0 Å². The fraction of sp³-hybridized carbons (Fsp3) is 0.429. The molecule has 2 N–H and O–H groups in total. The standard InChI is InChI=1S/C14H14F2N2O2/c15-9-2-1-3-10(16)11(9)18-13(20)14(6-7-14)12(19)17-8-4-5-8/h1-3,8H,4-7H2,(H,17,19)(H,18,20). The molecule has 0 radical (unpaired) electrons. The summed E-state index contributed by atoms with van der Waals surface area (Å²) in [7, 11) is 0. The SMILES string of the molecule is O=C(Nc1c(F)cccc1F)C1(C(=O)NC2CC2)CC1. The number of hydrogen-bond acceptors (Lipinski definition) is 2. The minimum Gasteiger partial charge on any atom is -0.352 e. The normalized spacial score (nSPS) is 19.3. The molecule has 0 saturated heterocycles. The molecule has 3 rings (SSSR count). The minimum atomic E-state index is -1.16. The highest BCUT2D eigenvalue weighted by Crippen LogP contribution is 2.47. The number of para-hydroxylation sites is 1. The Kier molecular flexibility index (Phi) is 2.96. The van der Waals surface area contributed by atoms with E-state index in [1.54, 1.807) is 0 Å². The first kappa shape index (κ1) is 13.0. The van der Waals surface area contributed by atoms with Crippen molar-refractivity contribution in [2.45, 2.75) is 31.7 Å². The maximum Gasteiger partial charge on any atom is 0.240 e. The number of nitrogens with one attached hydrogen (secondary N) is 2. The van der Waals surface area contributed by atoms with Gasteiger partial charge in [0.25, 0.3) is 0 Å². The lowest BCUT2D eigenvalue weighted by Crippen LogP contribution is -2.41. The van der Waals surface area contributed by atoms with Gasteiger partial charge in [-0.3, -0.25) is 9.59 Å². The summed E-state index contributed by atoms with van der Waals surface area (Å²) in [4.78, 5) is 24.2. The Balaban J connectivity index is 1.74. The molecule has 0 atom stereocenters. The van der Waals surface area contributed by atoms with Gasteiger partial charge in [-0.2, -0.15) is 0 Å². The quantitative estimate of drug-likeness (QED) is 0.828. The van der Waals surface area contributed by atoms with Gasteiger partial charge in [-0.05, 0) is 37.8 Å². The van der Waals surface area contributed by atoms with E-state index in [-0.39, 0.29) is 11.9 Å². The van der Waals surface area contributed by atoms with E-state index in [1.165, 1.54) is 6.07 Å². The van der Waals surface area contributed by atoms with Crippen LogP contribution in [0.25, 0.3) is 0 Å². The number of carbonyl (C=O) groups is 2. The predicted molar refractivity (Wildman–Crippen MR) is 67.8 cm³/mol. The first-order chi connectivity index (χ1) is 9.53. The van der Waals surface area contributed by atoms with Gasteiger partial charge >= 0.3 is 0 Å². The molecule has 2 fully saturated rings. The van der Waals surface area contributed by atoms with Crippen molar-refractivity contribution in [2.75, 3.05) is 5.32 Å². The van der Waals surface area contributed by atoms with Crippen LogP contribution in [0.2, 0.25) is 0 Å². The molecule has 0 bridgehead atoms. The Morgan fingerprint density at radius 3 is 2.20 bits per heavy atom. The third-order valence-electron chi connectivity index (χ3n) is 3.73. The van der Waals surface area contributed by atoms with E-state index in [9.17, 15) is 18.4 Å². The maximum atomic E-state index is 13.5. The first-order valence-corrected chi connectivity index (χ1v) is 6.59. The maximum absolute atomic E-state index is 13.5. The van der Waals surface area contributed by atoms with Gasteiger partial charge < -0.3 is 10.6 Å². The number of amides is 2. The summed E-state index contributed by atoms with van der Waals surface area (Å²) in [6.45, 7) is 0. The molecule has 6 heteroatoms. The van der Waals surface area contributed by atoms with Crippen molar-refractivity contribution in [1.29, 1.82) is 0 Å². The summed E-state index contributed by atoms with van der Waals surface area (Å²) in [5.41, 5.74) is -1.65. The van der Waals surface area contributed by atoms with E-state index < -0.39 is 28.6 Å². The van der Waals surface area contributed by atoms with Crippen molar-refractivity contribution >= 4 is 17.5 Å². The molecule has 2 saturated carbocycles. The molecule has 0 heterocycles. The largest absolute Gasteiger partial charge is 0.352 e. The number of benzene rings is 1. The Morgan fingerprint density at radius 1 is 1.10 bits per heavy atom. The van der Waals surface area contributed by atoms with E-state index in [0.717, 1.165) is 25.0 Å². The second kappa shape index (κ2) is 4.54. The highest BCUT2D eigenvalue weighted by molar-refractivity contribution is 6.13. The molecule has 106 valence electrons. The van der Waals surface area contributed by atoms with Gasteiger partial charge in [0, 0.05) is 6.04 Å². The Morgan fingerprint density at radius 2 is 1.70 bits per heavy atom. The Bertz CT molecular complexity index is 560. The molecule has 0 spiro atoms. The van der Waals surface area contributed by atoms with Gasteiger partial charge in [0.1, 0.15) is 22.7 Å². The highest BCUT2D eigenvalue weighted by atomic mass is 19.1. The number of rotatable bonds is 4. The van der Waals surface area contributed by atoms with Gasteiger partial charge in [-0.25, -0.2) is 8.78 Å². The van der Waals surface area contributed by atoms with Crippen LogP contribution in [-0.4, -0.2) is 17.9 Å². The van der Waals surface area contributed by atoms with Crippen LogP contribution in [0.15, 0.2) is 18.2 Å². The smallest absolute Gasteiger partial charge is 0.240 e. The van der Waals surface area contributed by atoms with E-state index >= 15 is 0 Å². The molecule has 2 amide bonds. The van der Waals surface area contributed by atoms with Gasteiger partial charge in [0.15, 0.2) is 0 Å². The molecule has 0 aromatic heterocycles. The lowest BCUT2D eigenvalue weighted by atomic mass is 10.0. The Labute approximate surface area is 114 Å². The fourth-order valence-corrected chi connectivity index (χ4v) is 2.08. The molecule has 1 aromatic carbocycles. The van der Waals surface area contributed by atoms with Crippen molar-refractivity contribution in [1.82, 2.24) is 5.32 Å². The summed E-state index contributed by atoms with van der Waals surface area (Å²) < 4.78 is 27.0. The predicted octanol–water partition coefficient (Wildman–Crippen LogP) is 1.96. The van der Waals surface area contributed by atoms with Crippen LogP contribution in [0.3, 0.4) is 0 Å². The summed E-state index contributed by atoms with van der Waals surface area (Å²) in [5.74, 6) is -2.68. The van der Waals surface area contributed by atoms with E-state index in [1.807, 2.05) is 0 Å². The molecule has 2 aliphatic rings. The van der Waals surface area contributed by atoms with Crippen molar-refractivity contribution in [3.05, 3.63) is 29.8 Å². The van der Waals surface area contributed by atoms with E-state index in [0.29, 0.717) is 12.8 Å². The number of anilines is 1. The zero-order valence-corrected chi connectivity index (χ0v) is 10.7. The van der Waals surface area contributed by atoms with Crippen LogP contribution in [0.5, 0.6) is 0 Å². The summed E-state index contributed by atoms with van der Waals surface area (Å²) >= 11 is 0. The minimum absolute atomic E-state index is 0.151. The third kappa shape index (κ3) is 2.26. The van der Waals surface area contributed by atoms with Crippen LogP contribution in [-0.2, 0) is 9.59 Å². The molecule has 20 heavy (non-hydrogen) atoms. The average molecular weight is 280 g/mol. The van der Waals surface area contributed by atoms with Crippen LogP contribution < -0.4 is 10.6 Å². The number of hydrogen-bond donors (Lipinski definition) is 2. The van der Waals surface area contributed by atoms with Crippen LogP contribution in [0.1, 0.15) is 25.7 Å². The molecular weight excluding hydrogens is 266 g/mol. The Hall–Kier alpha value is -1.98.